The monoisotopic (exact) mass is 332 g/mol. The molecule has 0 saturated carbocycles. The Labute approximate surface area is 138 Å². The number of thiophene rings is 1. The normalized spacial score (nSPS) is 32.9. The average Bonchev–Trinajstić information content (AvgIpc) is 3.08. The van der Waals surface area contributed by atoms with Crippen molar-refractivity contribution in [2.45, 2.75) is 12.5 Å². The van der Waals surface area contributed by atoms with Gasteiger partial charge in [-0.15, -0.1) is 11.3 Å². The first kappa shape index (κ1) is 13.3. The first-order valence-electron chi connectivity index (χ1n) is 7.92. The molecule has 4 saturated heterocycles. The molecule has 0 spiro atoms. The van der Waals surface area contributed by atoms with Gasteiger partial charge in [-0.3, -0.25) is 4.79 Å². The zero-order valence-corrected chi connectivity index (χ0v) is 13.7. The van der Waals surface area contributed by atoms with Crippen LogP contribution in [-0.2, 0) is 0 Å². The van der Waals surface area contributed by atoms with E-state index in [2.05, 4.69) is 9.80 Å². The van der Waals surface area contributed by atoms with E-state index in [0.717, 1.165) is 39.0 Å². The Balaban J connectivity index is 1.50. The molecule has 22 heavy (non-hydrogen) atoms. The Morgan fingerprint density at radius 3 is 2.95 bits per heavy atom. The fourth-order valence-electron chi connectivity index (χ4n) is 4.61. The molecule has 4 aliphatic rings. The lowest BCUT2D eigenvalue weighted by Gasteiger charge is -2.44. The van der Waals surface area contributed by atoms with Crippen LogP contribution in [0.25, 0.3) is 10.1 Å². The number of hydrogen-bond acceptors (Lipinski definition) is 3. The summed E-state index contributed by atoms with van der Waals surface area (Å²) in [7, 11) is 0. The van der Waals surface area contributed by atoms with Crippen molar-refractivity contribution in [2.75, 3.05) is 26.2 Å². The van der Waals surface area contributed by atoms with E-state index in [4.69, 9.17) is 11.6 Å². The SMILES string of the molecule is O=C(c1cc2c(Cl)cccc2s1)N1C[C@@H]2CN3CC[C@@H]2[C@@H]1C3. The predicted octanol–water partition coefficient (Wildman–Crippen LogP) is 3.33. The lowest BCUT2D eigenvalue weighted by molar-refractivity contribution is 0.0425. The van der Waals surface area contributed by atoms with Crippen LogP contribution < -0.4 is 0 Å². The van der Waals surface area contributed by atoms with Gasteiger partial charge in [0.25, 0.3) is 5.91 Å². The van der Waals surface area contributed by atoms with E-state index in [1.165, 1.54) is 19.5 Å². The fraction of sp³-hybridized carbons (Fsp3) is 0.471. The number of carbonyl (C=O) groups is 1. The number of hydrogen-bond donors (Lipinski definition) is 0. The molecule has 2 aromatic rings. The first-order valence-corrected chi connectivity index (χ1v) is 9.11. The van der Waals surface area contributed by atoms with Gasteiger partial charge in [-0.25, -0.2) is 0 Å². The minimum atomic E-state index is 0.207. The summed E-state index contributed by atoms with van der Waals surface area (Å²) in [6.07, 6.45) is 1.26. The number of amides is 1. The molecule has 5 heterocycles. The van der Waals surface area contributed by atoms with Gasteiger partial charge in [0, 0.05) is 40.8 Å². The van der Waals surface area contributed by atoms with E-state index in [9.17, 15) is 4.79 Å². The summed E-state index contributed by atoms with van der Waals surface area (Å²) in [6, 6.07) is 8.29. The Morgan fingerprint density at radius 1 is 1.27 bits per heavy atom. The lowest BCUT2D eigenvalue weighted by Crippen LogP contribution is -2.54. The third kappa shape index (κ3) is 1.81. The Morgan fingerprint density at radius 2 is 2.18 bits per heavy atom. The number of rotatable bonds is 1. The molecule has 1 unspecified atom stereocenters. The summed E-state index contributed by atoms with van der Waals surface area (Å²) in [5.74, 6) is 1.62. The molecule has 6 rings (SSSR count). The second-order valence-electron chi connectivity index (χ2n) is 6.76. The smallest absolute Gasteiger partial charge is 0.264 e. The summed E-state index contributed by atoms with van der Waals surface area (Å²) in [5.41, 5.74) is 0. The van der Waals surface area contributed by atoms with Crippen LogP contribution in [0.3, 0.4) is 0 Å². The molecular weight excluding hydrogens is 316 g/mol. The van der Waals surface area contributed by atoms with Crippen LogP contribution >= 0.6 is 22.9 Å². The molecule has 4 aliphatic heterocycles. The summed E-state index contributed by atoms with van der Waals surface area (Å²) < 4.78 is 1.10. The molecule has 1 aromatic carbocycles. The highest BCUT2D eigenvalue weighted by molar-refractivity contribution is 7.20. The molecule has 3 nitrogen and oxygen atoms in total. The van der Waals surface area contributed by atoms with Gasteiger partial charge in [0.1, 0.15) is 0 Å². The average molecular weight is 333 g/mol. The van der Waals surface area contributed by atoms with Crippen molar-refractivity contribution in [2.24, 2.45) is 11.8 Å². The maximum absolute atomic E-state index is 13.0. The minimum absolute atomic E-state index is 0.207. The zero-order valence-electron chi connectivity index (χ0n) is 12.2. The Kier molecular flexibility index (Phi) is 2.85. The Bertz CT molecular complexity index is 773. The van der Waals surface area contributed by atoms with Crippen molar-refractivity contribution in [3.8, 4) is 0 Å². The third-order valence-corrected chi connectivity index (χ3v) is 7.05. The summed E-state index contributed by atoms with van der Waals surface area (Å²) >= 11 is 7.82. The maximum Gasteiger partial charge on any atom is 0.264 e. The molecule has 1 aromatic heterocycles. The van der Waals surface area contributed by atoms with E-state index in [1.54, 1.807) is 11.3 Å². The summed E-state index contributed by atoms with van der Waals surface area (Å²) in [5, 5.41) is 1.74. The topological polar surface area (TPSA) is 23.6 Å². The molecule has 114 valence electrons. The van der Waals surface area contributed by atoms with Crippen LogP contribution in [-0.4, -0.2) is 47.9 Å². The number of nitrogens with zero attached hydrogens (tertiary/aromatic N) is 2. The van der Waals surface area contributed by atoms with Crippen molar-refractivity contribution < 1.29 is 4.79 Å². The van der Waals surface area contributed by atoms with E-state index >= 15 is 0 Å². The zero-order chi connectivity index (χ0) is 14.8. The maximum atomic E-state index is 13.0. The van der Waals surface area contributed by atoms with Gasteiger partial charge >= 0.3 is 0 Å². The van der Waals surface area contributed by atoms with Crippen LogP contribution in [0.15, 0.2) is 24.3 Å². The fourth-order valence-corrected chi connectivity index (χ4v) is 5.94. The van der Waals surface area contributed by atoms with Crippen LogP contribution in [0, 0.1) is 11.8 Å². The number of benzene rings is 1. The van der Waals surface area contributed by atoms with Gasteiger partial charge in [0.2, 0.25) is 0 Å². The molecule has 0 aliphatic carbocycles. The molecule has 4 atom stereocenters. The van der Waals surface area contributed by atoms with E-state index < -0.39 is 0 Å². The lowest BCUT2D eigenvalue weighted by atomic mass is 9.80. The third-order valence-electron chi connectivity index (χ3n) is 5.63. The predicted molar refractivity (Wildman–Crippen MR) is 89.7 cm³/mol. The minimum Gasteiger partial charge on any atom is -0.333 e. The van der Waals surface area contributed by atoms with Gasteiger partial charge < -0.3 is 9.80 Å². The number of piperidine rings is 3. The van der Waals surface area contributed by atoms with Gasteiger partial charge in [-0.1, -0.05) is 17.7 Å². The first-order chi connectivity index (χ1) is 10.7. The molecule has 0 radical (unpaired) electrons. The highest BCUT2D eigenvalue weighted by Gasteiger charge is 2.51. The van der Waals surface area contributed by atoms with Crippen LogP contribution in [0.2, 0.25) is 5.02 Å². The largest absolute Gasteiger partial charge is 0.333 e. The quantitative estimate of drug-likeness (QED) is 0.799. The summed E-state index contributed by atoms with van der Waals surface area (Å²) in [6.45, 7) is 4.41. The molecule has 5 heteroatoms. The van der Waals surface area contributed by atoms with Crippen molar-refractivity contribution in [1.82, 2.24) is 9.80 Å². The number of likely N-dealkylation sites (tertiary alicyclic amines) is 1. The van der Waals surface area contributed by atoms with Gasteiger partial charge in [-0.2, -0.15) is 0 Å². The number of fused-ring (bicyclic) bond motifs is 2. The van der Waals surface area contributed by atoms with Crippen LogP contribution in [0.1, 0.15) is 16.1 Å². The molecular formula is C17H17ClN2OS. The van der Waals surface area contributed by atoms with Crippen molar-refractivity contribution >= 4 is 38.9 Å². The molecule has 1 amide bonds. The van der Waals surface area contributed by atoms with E-state index in [-0.39, 0.29) is 5.91 Å². The summed E-state index contributed by atoms with van der Waals surface area (Å²) in [4.78, 5) is 18.5. The van der Waals surface area contributed by atoms with Gasteiger partial charge in [0.15, 0.2) is 0 Å². The number of carbonyl (C=O) groups excluding carboxylic acids is 1. The van der Waals surface area contributed by atoms with E-state index in [1.807, 2.05) is 24.3 Å². The van der Waals surface area contributed by atoms with Gasteiger partial charge in [-0.05, 0) is 43.0 Å². The Hall–Kier alpha value is -1.10. The molecule has 4 fully saturated rings. The second kappa shape index (κ2) is 4.70. The van der Waals surface area contributed by atoms with Crippen LogP contribution in [0.5, 0.6) is 0 Å². The molecule has 4 bridgehead atoms. The molecule has 0 N–H and O–H groups in total. The second-order valence-corrected chi connectivity index (χ2v) is 8.25. The van der Waals surface area contributed by atoms with E-state index in [0.29, 0.717) is 12.0 Å². The van der Waals surface area contributed by atoms with Gasteiger partial charge in [0.05, 0.1) is 4.88 Å². The number of halogens is 1. The highest BCUT2D eigenvalue weighted by Crippen LogP contribution is 2.42. The van der Waals surface area contributed by atoms with Crippen LogP contribution in [0.4, 0.5) is 0 Å². The van der Waals surface area contributed by atoms with Crippen molar-refractivity contribution in [1.29, 1.82) is 0 Å². The highest BCUT2D eigenvalue weighted by atomic mass is 35.5. The standard InChI is InChI=1S/C17H17ClN2OS/c18-13-2-1-3-15-12(13)6-16(22-15)17(21)20-8-10-7-19-5-4-11(10)14(20)9-19/h1-3,6,10-11,14H,4-5,7-9H2/t10-,11-,14-/m0/s1. The van der Waals surface area contributed by atoms with Crippen molar-refractivity contribution in [3.05, 3.63) is 34.2 Å². The van der Waals surface area contributed by atoms with Crippen molar-refractivity contribution in [3.63, 3.8) is 0 Å².